The number of halogens is 1. The van der Waals surface area contributed by atoms with Crippen LogP contribution in [0, 0.1) is 5.13 Å². The third-order valence-corrected chi connectivity index (χ3v) is 6.58. The van der Waals surface area contributed by atoms with Gasteiger partial charge in [-0.25, -0.2) is 0 Å². The van der Waals surface area contributed by atoms with Crippen molar-refractivity contribution in [3.8, 4) is 33.2 Å². The molecule has 6 aromatic rings. The SMILES string of the molecule is CCC(=O)Nc1cncc(-c2cc3c(-c4cc5c(-c6ccc(F)s6)nccc5[nH]4)n[nH]c3cn2)c1. The molecule has 10 heteroatoms. The molecule has 0 atom stereocenters. The van der Waals surface area contributed by atoms with E-state index in [4.69, 9.17) is 0 Å². The third-order valence-electron chi connectivity index (χ3n) is 5.70. The zero-order valence-corrected chi connectivity index (χ0v) is 19.3. The first-order chi connectivity index (χ1) is 17.1. The van der Waals surface area contributed by atoms with Crippen molar-refractivity contribution < 1.29 is 9.18 Å². The molecule has 6 heterocycles. The molecular formula is C25H18FN7OS. The highest BCUT2D eigenvalue weighted by Crippen LogP contribution is 2.35. The van der Waals surface area contributed by atoms with Crippen LogP contribution in [0.25, 0.3) is 55.0 Å². The van der Waals surface area contributed by atoms with E-state index >= 15 is 0 Å². The van der Waals surface area contributed by atoms with E-state index in [9.17, 15) is 9.18 Å². The van der Waals surface area contributed by atoms with Crippen molar-refractivity contribution in [2.24, 2.45) is 0 Å². The Morgan fingerprint density at radius 3 is 2.74 bits per heavy atom. The number of carbonyl (C=O) groups excluding carboxylic acids is 1. The number of anilines is 1. The molecule has 0 unspecified atom stereocenters. The fraction of sp³-hybridized carbons (Fsp3) is 0.0800. The molecule has 1 amide bonds. The van der Waals surface area contributed by atoms with E-state index < -0.39 is 0 Å². The van der Waals surface area contributed by atoms with Crippen LogP contribution < -0.4 is 5.32 Å². The molecule has 0 aliphatic heterocycles. The number of rotatable bonds is 5. The first-order valence-electron chi connectivity index (χ1n) is 10.9. The van der Waals surface area contributed by atoms with E-state index in [0.29, 0.717) is 17.8 Å². The van der Waals surface area contributed by atoms with Crippen molar-refractivity contribution in [1.82, 2.24) is 30.1 Å². The smallest absolute Gasteiger partial charge is 0.224 e. The Balaban J connectivity index is 1.43. The number of nitrogens with zero attached hydrogens (tertiary/aromatic N) is 4. The molecule has 35 heavy (non-hydrogen) atoms. The van der Waals surface area contributed by atoms with Crippen LogP contribution in [0.5, 0.6) is 0 Å². The number of amides is 1. The summed E-state index contributed by atoms with van der Waals surface area (Å²) in [6.07, 6.45) is 7.13. The summed E-state index contributed by atoms with van der Waals surface area (Å²) in [6.45, 7) is 1.80. The molecule has 8 nitrogen and oxygen atoms in total. The molecule has 0 aliphatic rings. The second kappa shape index (κ2) is 8.41. The zero-order valence-electron chi connectivity index (χ0n) is 18.5. The molecule has 0 spiro atoms. The number of thiophene rings is 1. The average molecular weight is 484 g/mol. The van der Waals surface area contributed by atoms with Crippen LogP contribution in [-0.2, 0) is 4.79 Å². The van der Waals surface area contributed by atoms with Gasteiger partial charge in [0.1, 0.15) is 5.69 Å². The van der Waals surface area contributed by atoms with Crippen LogP contribution in [0.3, 0.4) is 0 Å². The predicted molar refractivity (Wildman–Crippen MR) is 134 cm³/mol. The van der Waals surface area contributed by atoms with Crippen LogP contribution in [0.2, 0.25) is 0 Å². The van der Waals surface area contributed by atoms with Crippen molar-refractivity contribution in [2.75, 3.05) is 5.32 Å². The van der Waals surface area contributed by atoms with E-state index in [-0.39, 0.29) is 11.0 Å². The molecular weight excluding hydrogens is 465 g/mol. The molecule has 0 saturated heterocycles. The van der Waals surface area contributed by atoms with Gasteiger partial charge in [0, 0.05) is 40.7 Å². The number of hydrogen-bond donors (Lipinski definition) is 3. The maximum absolute atomic E-state index is 13.6. The second-order valence-corrected chi connectivity index (χ2v) is 8.99. The summed E-state index contributed by atoms with van der Waals surface area (Å²) in [7, 11) is 0. The van der Waals surface area contributed by atoms with Crippen LogP contribution in [-0.4, -0.2) is 36.0 Å². The van der Waals surface area contributed by atoms with Gasteiger partial charge in [0.15, 0.2) is 5.13 Å². The van der Waals surface area contributed by atoms with Gasteiger partial charge >= 0.3 is 0 Å². The van der Waals surface area contributed by atoms with Crippen LogP contribution in [0.15, 0.2) is 61.2 Å². The largest absolute Gasteiger partial charge is 0.353 e. The first-order valence-corrected chi connectivity index (χ1v) is 11.7. The highest BCUT2D eigenvalue weighted by atomic mass is 32.1. The van der Waals surface area contributed by atoms with Gasteiger partial charge in [-0.05, 0) is 36.4 Å². The Morgan fingerprint density at radius 2 is 1.91 bits per heavy atom. The maximum atomic E-state index is 13.6. The van der Waals surface area contributed by atoms with Gasteiger partial charge in [0.05, 0.1) is 45.6 Å². The van der Waals surface area contributed by atoms with E-state index in [1.165, 1.54) is 6.07 Å². The average Bonchev–Trinajstić information content (AvgIpc) is 3.61. The number of nitrogens with one attached hydrogen (secondary N) is 3. The van der Waals surface area contributed by atoms with Crippen molar-refractivity contribution in [3.63, 3.8) is 0 Å². The molecule has 0 radical (unpaired) electrons. The Labute approximate surface area is 202 Å². The molecule has 6 aromatic heterocycles. The van der Waals surface area contributed by atoms with Gasteiger partial charge in [-0.3, -0.25) is 24.8 Å². The topological polar surface area (TPSA) is 112 Å². The Hall–Kier alpha value is -4.44. The fourth-order valence-electron chi connectivity index (χ4n) is 4.00. The standard InChI is InChI=1S/C25H18FN7OS/c1-2-23(34)30-14-7-13(10-27-11-14)18-8-16-20(12-29-18)32-33-24(16)19-9-15-17(31-19)5-6-28-25(15)21-3-4-22(26)35-21/h3-12,31H,2H2,1H3,(H,30,34)(H,32,33). The molecule has 172 valence electrons. The summed E-state index contributed by atoms with van der Waals surface area (Å²) in [5.74, 6) is -0.0811. The highest BCUT2D eigenvalue weighted by molar-refractivity contribution is 7.13. The monoisotopic (exact) mass is 483 g/mol. The summed E-state index contributed by atoms with van der Waals surface area (Å²) in [5.41, 5.74) is 6.01. The van der Waals surface area contributed by atoms with Gasteiger partial charge < -0.3 is 10.3 Å². The lowest BCUT2D eigenvalue weighted by Gasteiger charge is -2.06. The van der Waals surface area contributed by atoms with E-state index in [1.54, 1.807) is 37.8 Å². The number of fused-ring (bicyclic) bond motifs is 2. The minimum absolute atomic E-state index is 0.0811. The third kappa shape index (κ3) is 3.83. The second-order valence-electron chi connectivity index (χ2n) is 7.96. The molecule has 0 aromatic carbocycles. The highest BCUT2D eigenvalue weighted by Gasteiger charge is 2.16. The summed E-state index contributed by atoms with van der Waals surface area (Å²) in [4.78, 5) is 29.2. The van der Waals surface area contributed by atoms with E-state index in [0.717, 1.165) is 60.7 Å². The van der Waals surface area contributed by atoms with Crippen LogP contribution in [0.4, 0.5) is 10.1 Å². The summed E-state index contributed by atoms with van der Waals surface area (Å²) in [6, 6.07) is 10.8. The van der Waals surface area contributed by atoms with E-state index in [2.05, 4.69) is 35.5 Å². The number of aromatic amines is 2. The van der Waals surface area contributed by atoms with Crippen LogP contribution >= 0.6 is 11.3 Å². The summed E-state index contributed by atoms with van der Waals surface area (Å²) in [5, 5.41) is 11.9. The molecule has 0 aliphatic carbocycles. The van der Waals surface area contributed by atoms with Gasteiger partial charge in [0.25, 0.3) is 0 Å². The quantitative estimate of drug-likeness (QED) is 0.288. The lowest BCUT2D eigenvalue weighted by atomic mass is 10.1. The number of pyridine rings is 3. The lowest BCUT2D eigenvalue weighted by molar-refractivity contribution is -0.115. The lowest BCUT2D eigenvalue weighted by Crippen LogP contribution is -2.09. The van der Waals surface area contributed by atoms with Gasteiger partial charge in [-0.1, -0.05) is 6.92 Å². The maximum Gasteiger partial charge on any atom is 0.224 e. The molecule has 6 rings (SSSR count). The van der Waals surface area contributed by atoms with Crippen molar-refractivity contribution >= 4 is 44.7 Å². The molecule has 0 bridgehead atoms. The number of hydrogen-bond acceptors (Lipinski definition) is 6. The summed E-state index contributed by atoms with van der Waals surface area (Å²) >= 11 is 1.07. The fourth-order valence-corrected chi connectivity index (χ4v) is 4.74. The predicted octanol–water partition coefficient (Wildman–Crippen LogP) is 5.78. The first kappa shape index (κ1) is 21.1. The minimum Gasteiger partial charge on any atom is -0.353 e. The Bertz CT molecular complexity index is 1720. The Kier molecular flexibility index (Phi) is 5.07. The number of aromatic nitrogens is 6. The van der Waals surface area contributed by atoms with Crippen LogP contribution in [0.1, 0.15) is 13.3 Å². The minimum atomic E-state index is -0.249. The number of H-pyrrole nitrogens is 2. The van der Waals surface area contributed by atoms with Gasteiger partial charge in [-0.15, -0.1) is 11.3 Å². The molecule has 0 saturated carbocycles. The Morgan fingerprint density at radius 1 is 1.03 bits per heavy atom. The zero-order chi connectivity index (χ0) is 23.9. The van der Waals surface area contributed by atoms with Crippen molar-refractivity contribution in [1.29, 1.82) is 0 Å². The number of carbonyl (C=O) groups is 1. The molecule has 3 N–H and O–H groups in total. The normalized spacial score (nSPS) is 11.4. The summed E-state index contributed by atoms with van der Waals surface area (Å²) < 4.78 is 13.6. The van der Waals surface area contributed by atoms with Crippen molar-refractivity contribution in [2.45, 2.75) is 13.3 Å². The molecule has 0 fully saturated rings. The van der Waals surface area contributed by atoms with Crippen molar-refractivity contribution in [3.05, 3.63) is 66.3 Å². The van der Waals surface area contributed by atoms with Gasteiger partial charge in [-0.2, -0.15) is 9.49 Å². The van der Waals surface area contributed by atoms with E-state index in [1.807, 2.05) is 24.3 Å². The van der Waals surface area contributed by atoms with Gasteiger partial charge in [0.2, 0.25) is 5.91 Å².